The number of nitro benzene ring substituents is 1. The molecule has 3 aromatic rings. The van der Waals surface area contributed by atoms with E-state index in [1.807, 2.05) is 54.6 Å². The average molecular weight is 493 g/mol. The van der Waals surface area contributed by atoms with E-state index in [2.05, 4.69) is 25.9 Å². The molecule has 0 saturated carbocycles. The van der Waals surface area contributed by atoms with Gasteiger partial charge in [0.05, 0.1) is 17.2 Å². The summed E-state index contributed by atoms with van der Waals surface area (Å²) < 4.78 is 0.921. The standard InChI is InChI=1S/C24H21BrN4O3/c1-17(19-10-12-22(13-11-19)29(31)32)26-28-23(30)16-27(15-18-6-3-2-4-7-18)24(28)20-8-5-9-21(25)14-20/h2-14,24H,15-16H2,1H3/b26-17-/t24-/m0/s1. The lowest BCUT2D eigenvalue weighted by Crippen LogP contribution is -2.29. The molecule has 32 heavy (non-hydrogen) atoms. The number of nitrogens with zero attached hydrogens (tertiary/aromatic N) is 4. The van der Waals surface area contributed by atoms with Crippen LogP contribution >= 0.6 is 15.9 Å². The van der Waals surface area contributed by atoms with Crippen molar-refractivity contribution in [3.05, 3.63) is 110 Å². The van der Waals surface area contributed by atoms with E-state index in [4.69, 9.17) is 0 Å². The molecule has 4 rings (SSSR count). The summed E-state index contributed by atoms with van der Waals surface area (Å²) >= 11 is 3.52. The van der Waals surface area contributed by atoms with E-state index in [-0.39, 0.29) is 24.3 Å². The van der Waals surface area contributed by atoms with Gasteiger partial charge in [0.2, 0.25) is 0 Å². The van der Waals surface area contributed by atoms with E-state index < -0.39 is 4.92 Å². The largest absolute Gasteiger partial charge is 0.271 e. The Balaban J connectivity index is 1.69. The zero-order chi connectivity index (χ0) is 22.7. The van der Waals surface area contributed by atoms with Gasteiger partial charge < -0.3 is 0 Å². The number of halogens is 1. The van der Waals surface area contributed by atoms with Crippen LogP contribution in [0.25, 0.3) is 0 Å². The van der Waals surface area contributed by atoms with E-state index in [1.165, 1.54) is 17.1 Å². The first-order valence-corrected chi connectivity index (χ1v) is 10.9. The zero-order valence-electron chi connectivity index (χ0n) is 17.4. The van der Waals surface area contributed by atoms with E-state index in [0.717, 1.165) is 21.2 Å². The first-order valence-electron chi connectivity index (χ1n) is 10.1. The fourth-order valence-electron chi connectivity index (χ4n) is 3.76. The van der Waals surface area contributed by atoms with Crippen molar-refractivity contribution >= 4 is 33.2 Å². The van der Waals surface area contributed by atoms with Crippen LogP contribution in [-0.2, 0) is 11.3 Å². The molecule has 1 aliphatic heterocycles. The van der Waals surface area contributed by atoms with Crippen molar-refractivity contribution in [3.63, 3.8) is 0 Å². The highest BCUT2D eigenvalue weighted by Gasteiger charge is 2.39. The number of rotatable bonds is 6. The minimum Gasteiger partial charge on any atom is -0.271 e. The molecule has 3 aromatic carbocycles. The van der Waals surface area contributed by atoms with Gasteiger partial charge in [-0.1, -0.05) is 58.4 Å². The molecule has 0 bridgehead atoms. The van der Waals surface area contributed by atoms with E-state index >= 15 is 0 Å². The maximum Gasteiger partial charge on any atom is 0.269 e. The number of non-ortho nitro benzene ring substituents is 1. The molecular formula is C24H21BrN4O3. The van der Waals surface area contributed by atoms with Crippen molar-refractivity contribution in [3.8, 4) is 0 Å². The Morgan fingerprint density at radius 3 is 2.47 bits per heavy atom. The molecule has 1 fully saturated rings. The first-order chi connectivity index (χ1) is 15.4. The Morgan fingerprint density at radius 1 is 1.09 bits per heavy atom. The summed E-state index contributed by atoms with van der Waals surface area (Å²) in [6.45, 7) is 2.64. The predicted molar refractivity (Wildman–Crippen MR) is 126 cm³/mol. The van der Waals surface area contributed by atoms with Crippen LogP contribution in [0.5, 0.6) is 0 Å². The molecule has 0 spiro atoms. The second-order valence-corrected chi connectivity index (χ2v) is 8.46. The van der Waals surface area contributed by atoms with Gasteiger partial charge in [-0.3, -0.25) is 19.8 Å². The highest BCUT2D eigenvalue weighted by atomic mass is 79.9. The van der Waals surface area contributed by atoms with Crippen molar-refractivity contribution in [2.45, 2.75) is 19.6 Å². The Hall–Kier alpha value is -3.36. The summed E-state index contributed by atoms with van der Waals surface area (Å²) in [6.07, 6.45) is -0.367. The van der Waals surface area contributed by atoms with Crippen LogP contribution < -0.4 is 0 Å². The second kappa shape index (κ2) is 9.42. The summed E-state index contributed by atoms with van der Waals surface area (Å²) in [5.41, 5.74) is 3.40. The lowest BCUT2D eigenvalue weighted by molar-refractivity contribution is -0.384. The molecule has 1 amide bonds. The van der Waals surface area contributed by atoms with Gasteiger partial charge in [0.25, 0.3) is 11.6 Å². The predicted octanol–water partition coefficient (Wildman–Crippen LogP) is 5.12. The fourth-order valence-corrected chi connectivity index (χ4v) is 4.17. The van der Waals surface area contributed by atoms with Crippen LogP contribution in [0.15, 0.2) is 88.4 Å². The van der Waals surface area contributed by atoms with Gasteiger partial charge in [0.1, 0.15) is 6.17 Å². The van der Waals surface area contributed by atoms with Gasteiger partial charge in [0, 0.05) is 23.2 Å². The highest BCUT2D eigenvalue weighted by Crippen LogP contribution is 2.34. The SMILES string of the molecule is C/C(=N/N1C(=O)CN(Cc2ccccc2)[C@@H]1c1cccc(Br)c1)c1ccc([N+](=O)[O-])cc1. The first kappa shape index (κ1) is 21.9. The third-order valence-corrected chi connectivity index (χ3v) is 5.79. The number of carbonyl (C=O) groups is 1. The molecular weight excluding hydrogens is 472 g/mol. The molecule has 1 atom stereocenters. The molecule has 0 N–H and O–H groups in total. The number of carbonyl (C=O) groups excluding carboxylic acids is 1. The Labute approximate surface area is 194 Å². The lowest BCUT2D eigenvalue weighted by Gasteiger charge is -2.28. The number of benzene rings is 3. The van der Waals surface area contributed by atoms with Gasteiger partial charge in [-0.2, -0.15) is 5.10 Å². The summed E-state index contributed by atoms with van der Waals surface area (Å²) in [5, 5.41) is 17.1. The number of hydrazone groups is 1. The molecule has 0 unspecified atom stereocenters. The lowest BCUT2D eigenvalue weighted by atomic mass is 10.1. The zero-order valence-corrected chi connectivity index (χ0v) is 19.0. The highest BCUT2D eigenvalue weighted by molar-refractivity contribution is 9.10. The molecule has 1 saturated heterocycles. The Kier molecular flexibility index (Phi) is 6.43. The minimum atomic E-state index is -0.439. The molecule has 7 nitrogen and oxygen atoms in total. The third-order valence-electron chi connectivity index (χ3n) is 5.30. The molecule has 8 heteroatoms. The molecule has 162 valence electrons. The molecule has 0 aromatic heterocycles. The molecule has 0 aliphatic carbocycles. The maximum absolute atomic E-state index is 13.0. The summed E-state index contributed by atoms with van der Waals surface area (Å²) in [5.74, 6) is -0.104. The van der Waals surface area contributed by atoms with Crippen molar-refractivity contribution in [2.24, 2.45) is 5.10 Å². The molecule has 1 heterocycles. The van der Waals surface area contributed by atoms with E-state index in [1.54, 1.807) is 19.1 Å². The van der Waals surface area contributed by atoms with Crippen LogP contribution in [0.2, 0.25) is 0 Å². The number of hydrogen-bond donors (Lipinski definition) is 0. The van der Waals surface area contributed by atoms with Gasteiger partial charge in [0.15, 0.2) is 0 Å². The van der Waals surface area contributed by atoms with E-state index in [0.29, 0.717) is 12.3 Å². The van der Waals surface area contributed by atoms with E-state index in [9.17, 15) is 14.9 Å². The maximum atomic E-state index is 13.0. The van der Waals surface area contributed by atoms with Crippen LogP contribution in [-0.4, -0.2) is 33.0 Å². The topological polar surface area (TPSA) is 79.0 Å². The van der Waals surface area contributed by atoms with Crippen molar-refractivity contribution in [1.82, 2.24) is 9.91 Å². The van der Waals surface area contributed by atoms with Crippen LogP contribution in [0.1, 0.15) is 29.8 Å². The minimum absolute atomic E-state index is 0.0137. The average Bonchev–Trinajstić information content (AvgIpc) is 3.08. The second-order valence-electron chi connectivity index (χ2n) is 7.55. The van der Waals surface area contributed by atoms with Gasteiger partial charge in [-0.15, -0.1) is 0 Å². The van der Waals surface area contributed by atoms with Gasteiger partial charge in [-0.05, 0) is 47.9 Å². The van der Waals surface area contributed by atoms with Crippen molar-refractivity contribution in [2.75, 3.05) is 6.54 Å². The molecule has 1 aliphatic rings. The monoisotopic (exact) mass is 492 g/mol. The molecule has 0 radical (unpaired) electrons. The number of nitro groups is 1. The Morgan fingerprint density at radius 2 is 1.81 bits per heavy atom. The normalized spacial score (nSPS) is 17.1. The summed E-state index contributed by atoms with van der Waals surface area (Å²) in [6, 6.07) is 24.0. The Bertz CT molecular complexity index is 1170. The fraction of sp³-hybridized carbons (Fsp3) is 0.167. The number of hydrogen-bond acceptors (Lipinski definition) is 5. The van der Waals surface area contributed by atoms with Crippen molar-refractivity contribution < 1.29 is 9.72 Å². The number of amides is 1. The van der Waals surface area contributed by atoms with Gasteiger partial charge in [-0.25, -0.2) is 5.01 Å². The quantitative estimate of drug-likeness (QED) is 0.271. The summed E-state index contributed by atoms with van der Waals surface area (Å²) in [4.78, 5) is 25.6. The smallest absolute Gasteiger partial charge is 0.269 e. The van der Waals surface area contributed by atoms with Crippen LogP contribution in [0.3, 0.4) is 0 Å². The van der Waals surface area contributed by atoms with Crippen LogP contribution in [0, 0.1) is 10.1 Å². The summed E-state index contributed by atoms with van der Waals surface area (Å²) in [7, 11) is 0. The van der Waals surface area contributed by atoms with Crippen molar-refractivity contribution in [1.29, 1.82) is 0 Å². The third kappa shape index (κ3) is 4.76. The van der Waals surface area contributed by atoms with Crippen LogP contribution in [0.4, 0.5) is 5.69 Å². The van der Waals surface area contributed by atoms with Gasteiger partial charge >= 0.3 is 0 Å².